The Morgan fingerprint density at radius 2 is 1.22 bits per heavy atom. The molecule has 0 radical (unpaired) electrons. The van der Waals surface area contributed by atoms with Crippen LogP contribution >= 0.6 is 23.8 Å². The molecule has 12 nitrogen and oxygen atoms in total. The molecule has 4 rings (SSSR count). The third kappa shape index (κ3) is 7.07. The van der Waals surface area contributed by atoms with Crippen molar-refractivity contribution in [3.63, 3.8) is 0 Å². The molecule has 0 aliphatic heterocycles. The number of nitrogens with zero attached hydrogens (tertiary/aromatic N) is 4. The Labute approximate surface area is 222 Å². The monoisotopic (exact) mass is 576 g/mol. The molecule has 0 saturated heterocycles. The van der Waals surface area contributed by atoms with Gasteiger partial charge >= 0.3 is 0 Å². The molecule has 2 aromatic heterocycles. The van der Waals surface area contributed by atoms with E-state index in [2.05, 4.69) is 40.2 Å². The average molecular weight is 577 g/mol. The molecule has 0 unspecified atom stereocenters. The molecule has 0 saturated carbocycles. The maximum atomic E-state index is 12.5. The molecule has 4 aromatic rings. The number of nitrogens with one attached hydrogen (secondary N) is 4. The van der Waals surface area contributed by atoms with Crippen molar-refractivity contribution in [1.29, 1.82) is 0 Å². The van der Waals surface area contributed by atoms with Crippen molar-refractivity contribution < 1.29 is 16.8 Å². The summed E-state index contributed by atoms with van der Waals surface area (Å²) in [5, 5.41) is 13.5. The van der Waals surface area contributed by atoms with Gasteiger partial charge in [0.05, 0.1) is 9.79 Å². The average Bonchev–Trinajstić information content (AvgIpc) is 2.86. The predicted octanol–water partition coefficient (Wildman–Crippen LogP) is 3.33. The summed E-state index contributed by atoms with van der Waals surface area (Å²) in [5.74, 6) is -0.0108. The van der Waals surface area contributed by atoms with Gasteiger partial charge in [-0.05, 0) is 78.9 Å². The third-order valence-electron chi connectivity index (χ3n) is 4.51. The van der Waals surface area contributed by atoms with Crippen molar-refractivity contribution in [2.45, 2.75) is 9.79 Å². The van der Waals surface area contributed by atoms with Gasteiger partial charge in [-0.25, -0.2) is 31.5 Å². The van der Waals surface area contributed by atoms with Crippen LogP contribution in [0.2, 0.25) is 5.15 Å². The van der Waals surface area contributed by atoms with E-state index in [9.17, 15) is 16.8 Å². The van der Waals surface area contributed by atoms with Crippen LogP contribution in [0, 0.1) is 0 Å². The fourth-order valence-corrected chi connectivity index (χ4v) is 5.12. The summed E-state index contributed by atoms with van der Waals surface area (Å²) in [7, 11) is -7.75. The second kappa shape index (κ2) is 11.0. The molecule has 190 valence electrons. The van der Waals surface area contributed by atoms with E-state index in [0.29, 0.717) is 11.4 Å². The Morgan fingerprint density at radius 1 is 0.703 bits per heavy atom. The molecule has 0 bridgehead atoms. The van der Waals surface area contributed by atoms with E-state index in [0.717, 1.165) is 0 Å². The fraction of sp³-hybridized carbons (Fsp3) is 0. The Morgan fingerprint density at radius 3 is 1.70 bits per heavy atom. The predicted molar refractivity (Wildman–Crippen MR) is 143 cm³/mol. The zero-order valence-electron chi connectivity index (χ0n) is 18.5. The summed E-state index contributed by atoms with van der Waals surface area (Å²) in [6, 6.07) is 16.1. The molecular formula is C21H17ClN8O4S3. The maximum absolute atomic E-state index is 12.5. The Hall–Kier alpha value is -3.92. The molecule has 2 aromatic carbocycles. The summed E-state index contributed by atoms with van der Waals surface area (Å²) in [5.41, 5.74) is 1.05. The topological polar surface area (TPSA) is 168 Å². The zero-order chi connectivity index (χ0) is 26.5. The standard InChI is InChI=1S/C21H17ClN8O4S3/c22-18-10-11-19(28-27-18)29-36(31,32)16-6-2-14(3-7-16)25-21(35)26-15-4-8-17(9-5-15)37(33,34)30-20-23-12-1-13-24-20/h1-13H,(H,28,29)(H,23,24,30)(H2,25,26,35). The second-order valence-electron chi connectivity index (χ2n) is 7.15. The highest BCUT2D eigenvalue weighted by atomic mass is 35.5. The van der Waals surface area contributed by atoms with Crippen molar-refractivity contribution in [3.8, 4) is 0 Å². The van der Waals surface area contributed by atoms with E-state index in [1.165, 1.54) is 73.1 Å². The zero-order valence-corrected chi connectivity index (χ0v) is 21.7. The van der Waals surface area contributed by atoms with Gasteiger partial charge in [-0.15, -0.1) is 10.2 Å². The number of benzene rings is 2. The number of hydrogen-bond acceptors (Lipinski definition) is 9. The highest BCUT2D eigenvalue weighted by Gasteiger charge is 2.16. The quantitative estimate of drug-likeness (QED) is 0.227. The second-order valence-corrected chi connectivity index (χ2v) is 11.3. The Bertz CT molecular complexity index is 1600. The molecule has 0 spiro atoms. The van der Waals surface area contributed by atoms with Crippen molar-refractivity contribution in [2.24, 2.45) is 0 Å². The molecule has 0 aliphatic carbocycles. The minimum Gasteiger partial charge on any atom is -0.332 e. The lowest BCUT2D eigenvalue weighted by atomic mass is 10.3. The van der Waals surface area contributed by atoms with Gasteiger partial charge in [0.1, 0.15) is 0 Å². The first-order valence-electron chi connectivity index (χ1n) is 10.2. The minimum absolute atomic E-state index is 0.0000113. The van der Waals surface area contributed by atoms with E-state index >= 15 is 0 Å². The van der Waals surface area contributed by atoms with Crippen LogP contribution in [0.4, 0.5) is 23.1 Å². The number of hydrogen-bond donors (Lipinski definition) is 4. The smallest absolute Gasteiger partial charge is 0.264 e. The molecule has 0 atom stereocenters. The van der Waals surface area contributed by atoms with Crippen LogP contribution in [-0.4, -0.2) is 42.1 Å². The van der Waals surface area contributed by atoms with Crippen LogP contribution in [0.3, 0.4) is 0 Å². The summed E-state index contributed by atoms with van der Waals surface area (Å²) < 4.78 is 54.6. The lowest BCUT2D eigenvalue weighted by molar-refractivity contribution is 0.599. The van der Waals surface area contributed by atoms with Gasteiger partial charge in [0.15, 0.2) is 16.1 Å². The number of aromatic nitrogens is 4. The van der Waals surface area contributed by atoms with Crippen LogP contribution in [0.1, 0.15) is 0 Å². The van der Waals surface area contributed by atoms with Crippen molar-refractivity contribution in [1.82, 2.24) is 20.2 Å². The molecule has 16 heteroatoms. The Balaban J connectivity index is 1.35. The molecule has 0 aliphatic rings. The van der Waals surface area contributed by atoms with Crippen LogP contribution in [0.5, 0.6) is 0 Å². The number of anilines is 4. The number of thiocarbonyl (C=S) groups is 1. The fourth-order valence-electron chi connectivity index (χ4n) is 2.83. The first-order valence-corrected chi connectivity index (χ1v) is 14.0. The minimum atomic E-state index is -3.89. The van der Waals surface area contributed by atoms with E-state index < -0.39 is 20.0 Å². The Kier molecular flexibility index (Phi) is 7.77. The number of sulfonamides is 2. The van der Waals surface area contributed by atoms with Crippen LogP contribution in [0.25, 0.3) is 0 Å². The van der Waals surface area contributed by atoms with Crippen LogP contribution in [0.15, 0.2) is 88.9 Å². The molecule has 0 amide bonds. The first kappa shape index (κ1) is 26.2. The van der Waals surface area contributed by atoms with Gasteiger partial charge in [-0.1, -0.05) is 11.6 Å². The van der Waals surface area contributed by atoms with Crippen LogP contribution < -0.4 is 20.1 Å². The maximum Gasteiger partial charge on any atom is 0.264 e. The van der Waals surface area contributed by atoms with E-state index in [1.54, 1.807) is 6.07 Å². The van der Waals surface area contributed by atoms with Gasteiger partial charge in [0.25, 0.3) is 20.0 Å². The molecule has 2 heterocycles. The summed E-state index contributed by atoms with van der Waals surface area (Å²) in [6.45, 7) is 0. The van der Waals surface area contributed by atoms with E-state index in [-0.39, 0.29) is 31.8 Å². The number of rotatable bonds is 8. The highest BCUT2D eigenvalue weighted by molar-refractivity contribution is 7.93. The first-order chi connectivity index (χ1) is 17.6. The summed E-state index contributed by atoms with van der Waals surface area (Å²) in [6.07, 6.45) is 2.84. The van der Waals surface area contributed by atoms with Gasteiger partial charge in [0.2, 0.25) is 5.95 Å². The molecule has 37 heavy (non-hydrogen) atoms. The van der Waals surface area contributed by atoms with Gasteiger partial charge in [-0.3, -0.25) is 4.72 Å². The van der Waals surface area contributed by atoms with Gasteiger partial charge < -0.3 is 10.6 Å². The van der Waals surface area contributed by atoms with Gasteiger partial charge in [0, 0.05) is 23.8 Å². The van der Waals surface area contributed by atoms with Gasteiger partial charge in [-0.2, -0.15) is 0 Å². The van der Waals surface area contributed by atoms with Crippen molar-refractivity contribution >= 4 is 72.1 Å². The third-order valence-corrected chi connectivity index (χ3v) is 7.63. The molecule has 4 N–H and O–H groups in total. The van der Waals surface area contributed by atoms with Crippen molar-refractivity contribution in [3.05, 3.63) is 84.3 Å². The highest BCUT2D eigenvalue weighted by Crippen LogP contribution is 2.19. The van der Waals surface area contributed by atoms with E-state index in [1.807, 2.05) is 0 Å². The molecule has 0 fully saturated rings. The SMILES string of the molecule is O=S(=O)(Nc1ccc(Cl)nn1)c1ccc(NC(=S)Nc2ccc(S(=O)(=O)Nc3ncccn3)cc2)cc1. The summed E-state index contributed by atoms with van der Waals surface area (Å²) in [4.78, 5) is 7.70. The van der Waals surface area contributed by atoms with E-state index in [4.69, 9.17) is 23.8 Å². The number of halogens is 1. The lowest BCUT2D eigenvalue weighted by Gasteiger charge is -2.12. The summed E-state index contributed by atoms with van der Waals surface area (Å²) >= 11 is 10.9. The largest absolute Gasteiger partial charge is 0.332 e. The van der Waals surface area contributed by atoms with Crippen LogP contribution in [-0.2, 0) is 20.0 Å². The molecular weight excluding hydrogens is 560 g/mol. The lowest BCUT2D eigenvalue weighted by Crippen LogP contribution is -2.19. The van der Waals surface area contributed by atoms with Crippen molar-refractivity contribution in [2.75, 3.05) is 20.1 Å². The normalized spacial score (nSPS) is 11.4.